The number of nitrogens with zero attached hydrogens (tertiary/aromatic N) is 3. The second-order valence-corrected chi connectivity index (χ2v) is 6.24. The monoisotopic (exact) mass is 285 g/mol. The Kier molecular flexibility index (Phi) is 3.68. The average molecular weight is 285 g/mol. The van der Waals surface area contributed by atoms with Crippen molar-refractivity contribution in [2.75, 3.05) is 16.9 Å². The van der Waals surface area contributed by atoms with E-state index in [1.165, 1.54) is 6.42 Å². The standard InChI is InChI=1S/C16H23N5/c1-10-8-11(2)12(3)21(9-10)15-13-6-4-5-7-14(13)18-16(19-15)20-17/h4-7,10-12H,8-9,17H2,1-3H3,(H,18,19,20). The van der Waals surface area contributed by atoms with Crippen molar-refractivity contribution in [3.05, 3.63) is 24.3 Å². The number of nitrogen functional groups attached to an aromatic ring is 1. The number of rotatable bonds is 2. The van der Waals surface area contributed by atoms with Gasteiger partial charge in [-0.15, -0.1) is 0 Å². The first-order chi connectivity index (χ1) is 10.1. The fourth-order valence-electron chi connectivity index (χ4n) is 3.34. The van der Waals surface area contributed by atoms with Gasteiger partial charge in [0, 0.05) is 18.0 Å². The van der Waals surface area contributed by atoms with E-state index < -0.39 is 0 Å². The quantitative estimate of drug-likeness (QED) is 0.656. The summed E-state index contributed by atoms with van der Waals surface area (Å²) in [5, 5.41) is 1.09. The first-order valence-electron chi connectivity index (χ1n) is 7.60. The number of anilines is 2. The number of fused-ring (bicyclic) bond motifs is 1. The maximum absolute atomic E-state index is 5.54. The van der Waals surface area contributed by atoms with E-state index in [0.717, 1.165) is 23.3 Å². The van der Waals surface area contributed by atoms with Gasteiger partial charge in [0.05, 0.1) is 5.52 Å². The molecule has 21 heavy (non-hydrogen) atoms. The highest BCUT2D eigenvalue weighted by atomic mass is 15.3. The number of piperidine rings is 1. The van der Waals surface area contributed by atoms with E-state index in [-0.39, 0.29) is 0 Å². The van der Waals surface area contributed by atoms with E-state index in [9.17, 15) is 0 Å². The van der Waals surface area contributed by atoms with Crippen molar-refractivity contribution in [3.63, 3.8) is 0 Å². The van der Waals surface area contributed by atoms with Gasteiger partial charge in [-0.1, -0.05) is 26.0 Å². The number of hydrogen-bond acceptors (Lipinski definition) is 5. The van der Waals surface area contributed by atoms with Crippen molar-refractivity contribution >= 4 is 22.7 Å². The molecule has 1 aromatic carbocycles. The molecule has 3 N–H and O–H groups in total. The fourth-order valence-corrected chi connectivity index (χ4v) is 3.34. The van der Waals surface area contributed by atoms with Crippen LogP contribution in [0, 0.1) is 11.8 Å². The number of hydrogen-bond donors (Lipinski definition) is 2. The summed E-state index contributed by atoms with van der Waals surface area (Å²) >= 11 is 0. The van der Waals surface area contributed by atoms with E-state index in [1.807, 2.05) is 18.2 Å². The van der Waals surface area contributed by atoms with Gasteiger partial charge in [0.15, 0.2) is 0 Å². The largest absolute Gasteiger partial charge is 0.353 e. The van der Waals surface area contributed by atoms with Gasteiger partial charge in [0.2, 0.25) is 5.95 Å². The summed E-state index contributed by atoms with van der Waals surface area (Å²) in [5.74, 6) is 8.31. The van der Waals surface area contributed by atoms with Crippen LogP contribution in [-0.2, 0) is 0 Å². The molecule has 0 spiro atoms. The molecule has 1 aliphatic rings. The predicted octanol–water partition coefficient (Wildman–Crippen LogP) is 2.79. The Morgan fingerprint density at radius 2 is 1.95 bits per heavy atom. The Morgan fingerprint density at radius 1 is 1.19 bits per heavy atom. The molecule has 2 aromatic rings. The molecule has 0 saturated carbocycles. The zero-order valence-corrected chi connectivity index (χ0v) is 12.9. The highest BCUT2D eigenvalue weighted by Crippen LogP contribution is 2.34. The SMILES string of the molecule is CC1CC(C)C(C)N(c2nc(NN)nc3ccccc23)C1. The minimum absolute atomic E-state index is 0.463. The molecule has 3 rings (SSSR count). The lowest BCUT2D eigenvalue weighted by Crippen LogP contribution is -2.46. The molecular weight excluding hydrogens is 262 g/mol. The summed E-state index contributed by atoms with van der Waals surface area (Å²) in [4.78, 5) is 11.5. The normalized spacial score (nSPS) is 26.1. The highest BCUT2D eigenvalue weighted by molar-refractivity contribution is 5.90. The third kappa shape index (κ3) is 2.53. The molecule has 1 saturated heterocycles. The fraction of sp³-hybridized carbons (Fsp3) is 0.500. The van der Waals surface area contributed by atoms with Gasteiger partial charge < -0.3 is 4.90 Å². The van der Waals surface area contributed by atoms with Crippen LogP contribution in [-0.4, -0.2) is 22.6 Å². The van der Waals surface area contributed by atoms with Gasteiger partial charge in [-0.05, 0) is 37.3 Å². The van der Waals surface area contributed by atoms with Gasteiger partial charge in [0.25, 0.3) is 0 Å². The summed E-state index contributed by atoms with van der Waals surface area (Å²) in [6, 6.07) is 8.58. The summed E-state index contributed by atoms with van der Waals surface area (Å²) in [6.45, 7) is 7.93. The minimum atomic E-state index is 0.463. The number of aromatic nitrogens is 2. The number of nitrogens with two attached hydrogens (primary N) is 1. The van der Waals surface area contributed by atoms with Gasteiger partial charge >= 0.3 is 0 Å². The van der Waals surface area contributed by atoms with Crippen molar-refractivity contribution in [1.29, 1.82) is 0 Å². The van der Waals surface area contributed by atoms with Gasteiger partial charge in [-0.3, -0.25) is 5.43 Å². The van der Waals surface area contributed by atoms with Crippen LogP contribution in [0.3, 0.4) is 0 Å². The van der Waals surface area contributed by atoms with E-state index in [1.54, 1.807) is 0 Å². The van der Waals surface area contributed by atoms with Crippen LogP contribution in [0.25, 0.3) is 10.9 Å². The lowest BCUT2D eigenvalue weighted by atomic mass is 9.86. The van der Waals surface area contributed by atoms with E-state index in [0.29, 0.717) is 23.8 Å². The third-order valence-corrected chi connectivity index (χ3v) is 4.58. The molecule has 5 heteroatoms. The molecule has 2 heterocycles. The molecule has 5 nitrogen and oxygen atoms in total. The third-order valence-electron chi connectivity index (χ3n) is 4.58. The Morgan fingerprint density at radius 3 is 2.71 bits per heavy atom. The maximum atomic E-state index is 5.54. The van der Waals surface area contributed by atoms with Crippen LogP contribution in [0.15, 0.2) is 24.3 Å². The lowest BCUT2D eigenvalue weighted by molar-refractivity contribution is 0.296. The van der Waals surface area contributed by atoms with Crippen molar-refractivity contribution in [3.8, 4) is 0 Å². The Hall–Kier alpha value is -1.88. The minimum Gasteiger partial charge on any atom is -0.353 e. The van der Waals surface area contributed by atoms with Crippen molar-refractivity contribution in [2.45, 2.75) is 33.2 Å². The second kappa shape index (κ2) is 5.48. The van der Waals surface area contributed by atoms with Gasteiger partial charge in [0.1, 0.15) is 5.82 Å². The van der Waals surface area contributed by atoms with Gasteiger partial charge in [-0.2, -0.15) is 4.98 Å². The molecule has 0 amide bonds. The Balaban J connectivity index is 2.13. The number of hydrazine groups is 1. The van der Waals surface area contributed by atoms with Crippen LogP contribution in [0.2, 0.25) is 0 Å². The molecule has 3 atom stereocenters. The molecular formula is C16H23N5. The zero-order valence-electron chi connectivity index (χ0n) is 12.9. The molecule has 0 radical (unpaired) electrons. The predicted molar refractivity (Wildman–Crippen MR) is 87.1 cm³/mol. The summed E-state index contributed by atoms with van der Waals surface area (Å²) in [7, 11) is 0. The van der Waals surface area contributed by atoms with Crippen molar-refractivity contribution in [2.24, 2.45) is 17.7 Å². The first-order valence-corrected chi connectivity index (χ1v) is 7.60. The summed E-state index contributed by atoms with van der Waals surface area (Å²) < 4.78 is 0. The average Bonchev–Trinajstić information content (AvgIpc) is 2.49. The van der Waals surface area contributed by atoms with Crippen LogP contribution in [0.1, 0.15) is 27.2 Å². The van der Waals surface area contributed by atoms with Crippen molar-refractivity contribution < 1.29 is 0 Å². The Bertz CT molecular complexity index is 642. The zero-order chi connectivity index (χ0) is 15.0. The van der Waals surface area contributed by atoms with Crippen LogP contribution in [0.5, 0.6) is 0 Å². The molecule has 112 valence electrons. The lowest BCUT2D eigenvalue weighted by Gasteiger charge is -2.42. The second-order valence-electron chi connectivity index (χ2n) is 6.24. The summed E-state index contributed by atoms with van der Waals surface area (Å²) in [5.41, 5.74) is 3.51. The molecule has 1 aromatic heterocycles. The molecule has 3 unspecified atom stereocenters. The van der Waals surface area contributed by atoms with E-state index >= 15 is 0 Å². The first kappa shape index (κ1) is 14.1. The van der Waals surface area contributed by atoms with Crippen LogP contribution in [0.4, 0.5) is 11.8 Å². The van der Waals surface area contributed by atoms with Crippen molar-refractivity contribution in [1.82, 2.24) is 9.97 Å². The van der Waals surface area contributed by atoms with Crippen LogP contribution < -0.4 is 16.2 Å². The highest BCUT2D eigenvalue weighted by Gasteiger charge is 2.30. The number of para-hydroxylation sites is 1. The van der Waals surface area contributed by atoms with Gasteiger partial charge in [-0.25, -0.2) is 10.8 Å². The molecule has 0 bridgehead atoms. The topological polar surface area (TPSA) is 67.1 Å². The number of benzene rings is 1. The molecule has 1 fully saturated rings. The summed E-state index contributed by atoms with van der Waals surface area (Å²) in [6.07, 6.45) is 1.27. The smallest absolute Gasteiger partial charge is 0.239 e. The van der Waals surface area contributed by atoms with E-state index in [2.05, 4.69) is 47.1 Å². The van der Waals surface area contributed by atoms with Crippen LogP contribution >= 0.6 is 0 Å². The van der Waals surface area contributed by atoms with E-state index in [4.69, 9.17) is 5.84 Å². The molecule has 0 aliphatic carbocycles. The molecule has 1 aliphatic heterocycles. The number of nitrogens with one attached hydrogen (secondary N) is 1. The Labute approximate surface area is 125 Å². The maximum Gasteiger partial charge on any atom is 0.239 e.